The lowest BCUT2D eigenvalue weighted by molar-refractivity contribution is -0.131. The van der Waals surface area contributed by atoms with E-state index in [1.54, 1.807) is 18.2 Å². The summed E-state index contributed by atoms with van der Waals surface area (Å²) in [6.07, 6.45) is -1.42. The lowest BCUT2D eigenvalue weighted by Gasteiger charge is -2.14. The highest BCUT2D eigenvalue weighted by Gasteiger charge is 2.23. The molecule has 1 aromatic carbocycles. The lowest BCUT2D eigenvalue weighted by Crippen LogP contribution is -2.33. The van der Waals surface area contributed by atoms with Crippen LogP contribution in [0.3, 0.4) is 0 Å². The van der Waals surface area contributed by atoms with Gasteiger partial charge in [0.15, 0.2) is 6.10 Å². The van der Waals surface area contributed by atoms with E-state index in [0.29, 0.717) is 11.1 Å². The van der Waals surface area contributed by atoms with E-state index in [2.05, 4.69) is 9.97 Å². The molecule has 16 heavy (non-hydrogen) atoms. The van der Waals surface area contributed by atoms with Crippen molar-refractivity contribution in [3.05, 3.63) is 30.1 Å². The number of amides is 1. The maximum absolute atomic E-state index is 10.7. The minimum atomic E-state index is -1.61. The van der Waals surface area contributed by atoms with Gasteiger partial charge in [-0.25, -0.2) is 4.98 Å². The summed E-state index contributed by atoms with van der Waals surface area (Å²) in [6.45, 7) is 0. The Labute approximate surface area is 90.7 Å². The summed E-state index contributed by atoms with van der Waals surface area (Å²) in [7, 11) is 0. The number of aromatic nitrogens is 2. The molecule has 1 aromatic heterocycles. The third-order valence-corrected chi connectivity index (χ3v) is 2.38. The van der Waals surface area contributed by atoms with E-state index >= 15 is 0 Å². The number of carbonyl (C=O) groups excluding carboxylic acids is 1. The highest BCUT2D eigenvalue weighted by Crippen LogP contribution is 2.20. The van der Waals surface area contributed by atoms with Gasteiger partial charge in [-0.2, -0.15) is 0 Å². The molecule has 2 atom stereocenters. The number of aromatic amines is 1. The van der Waals surface area contributed by atoms with E-state index in [1.807, 2.05) is 0 Å². The molecule has 2 aromatic rings. The Balaban J connectivity index is 2.35. The highest BCUT2D eigenvalue weighted by atomic mass is 16.3. The first kappa shape index (κ1) is 10.6. The van der Waals surface area contributed by atoms with Crippen LogP contribution >= 0.6 is 0 Å². The normalized spacial score (nSPS) is 14.9. The second-order valence-corrected chi connectivity index (χ2v) is 3.47. The predicted molar refractivity (Wildman–Crippen MR) is 56.3 cm³/mol. The number of benzene rings is 1. The number of aliphatic hydroxyl groups excluding tert-OH is 2. The number of H-pyrrole nitrogens is 1. The molecule has 1 heterocycles. The van der Waals surface area contributed by atoms with Crippen LogP contribution in [0.25, 0.3) is 11.0 Å². The number of hydrogen-bond donors (Lipinski definition) is 4. The highest BCUT2D eigenvalue weighted by molar-refractivity contribution is 5.80. The van der Waals surface area contributed by atoms with Gasteiger partial charge in [0.05, 0.1) is 17.4 Å². The molecule has 0 spiro atoms. The van der Waals surface area contributed by atoms with Crippen LogP contribution in [-0.2, 0) is 4.79 Å². The van der Waals surface area contributed by atoms with Crippen molar-refractivity contribution in [1.29, 1.82) is 0 Å². The molecular formula is C10H11N3O3. The third-order valence-electron chi connectivity index (χ3n) is 2.38. The quantitative estimate of drug-likeness (QED) is 0.556. The predicted octanol–water partition coefficient (Wildman–Crippen LogP) is -0.558. The average Bonchev–Trinajstić information content (AvgIpc) is 2.73. The third kappa shape index (κ3) is 1.75. The molecule has 0 aliphatic rings. The van der Waals surface area contributed by atoms with E-state index in [4.69, 9.17) is 5.73 Å². The Morgan fingerprint density at radius 3 is 2.88 bits per heavy atom. The summed E-state index contributed by atoms with van der Waals surface area (Å²) in [5, 5.41) is 19.0. The summed E-state index contributed by atoms with van der Waals surface area (Å²) < 4.78 is 0. The van der Waals surface area contributed by atoms with Crippen molar-refractivity contribution in [1.82, 2.24) is 9.97 Å². The van der Waals surface area contributed by atoms with Gasteiger partial charge in [0.25, 0.3) is 0 Å². The topological polar surface area (TPSA) is 112 Å². The monoisotopic (exact) mass is 221 g/mol. The Hall–Kier alpha value is -1.92. The van der Waals surface area contributed by atoms with Crippen LogP contribution in [0.15, 0.2) is 24.5 Å². The summed E-state index contributed by atoms with van der Waals surface area (Å²) >= 11 is 0. The molecule has 2 rings (SSSR count). The van der Waals surface area contributed by atoms with Crippen LogP contribution < -0.4 is 5.73 Å². The van der Waals surface area contributed by atoms with Gasteiger partial charge in [0.2, 0.25) is 5.91 Å². The van der Waals surface area contributed by atoms with Gasteiger partial charge >= 0.3 is 0 Å². The van der Waals surface area contributed by atoms with Crippen molar-refractivity contribution in [2.75, 3.05) is 0 Å². The number of nitrogens with zero attached hydrogens (tertiary/aromatic N) is 1. The van der Waals surface area contributed by atoms with Gasteiger partial charge in [-0.15, -0.1) is 0 Å². The zero-order chi connectivity index (χ0) is 11.7. The Morgan fingerprint density at radius 1 is 1.44 bits per heavy atom. The Bertz CT molecular complexity index is 523. The van der Waals surface area contributed by atoms with Gasteiger partial charge in [-0.05, 0) is 17.7 Å². The molecule has 0 aliphatic carbocycles. The van der Waals surface area contributed by atoms with Crippen molar-refractivity contribution in [2.24, 2.45) is 5.73 Å². The minimum absolute atomic E-state index is 0.406. The lowest BCUT2D eigenvalue weighted by atomic mass is 10.0. The number of aliphatic hydroxyl groups is 2. The molecule has 84 valence electrons. The molecular weight excluding hydrogens is 210 g/mol. The van der Waals surface area contributed by atoms with Crippen molar-refractivity contribution >= 4 is 16.9 Å². The second-order valence-electron chi connectivity index (χ2n) is 3.47. The van der Waals surface area contributed by atoms with Gasteiger partial charge in [0.1, 0.15) is 6.10 Å². The maximum atomic E-state index is 10.7. The Kier molecular flexibility index (Phi) is 2.59. The molecule has 0 fully saturated rings. The standard InChI is InChI=1S/C10H11N3O3/c11-10(16)9(15)8(14)5-1-2-6-7(3-5)13-4-12-6/h1-4,8-9,14-15H,(H2,11,16)(H,12,13). The molecule has 0 bridgehead atoms. The fourth-order valence-corrected chi connectivity index (χ4v) is 1.48. The van der Waals surface area contributed by atoms with Crippen LogP contribution in [0.5, 0.6) is 0 Å². The van der Waals surface area contributed by atoms with Gasteiger partial charge in [0, 0.05) is 0 Å². The molecule has 0 saturated heterocycles. The summed E-state index contributed by atoms with van der Waals surface area (Å²) in [5.74, 6) is -0.961. The van der Waals surface area contributed by atoms with Crippen LogP contribution in [0.2, 0.25) is 0 Å². The number of primary amides is 1. The number of nitrogens with one attached hydrogen (secondary N) is 1. The molecule has 1 amide bonds. The zero-order valence-corrected chi connectivity index (χ0v) is 8.29. The summed E-state index contributed by atoms with van der Waals surface area (Å²) in [4.78, 5) is 17.6. The molecule has 2 unspecified atom stereocenters. The number of fused-ring (bicyclic) bond motifs is 1. The van der Waals surface area contributed by atoms with E-state index < -0.39 is 18.1 Å². The van der Waals surface area contributed by atoms with Crippen molar-refractivity contribution in [2.45, 2.75) is 12.2 Å². The van der Waals surface area contributed by atoms with Crippen molar-refractivity contribution in [3.63, 3.8) is 0 Å². The van der Waals surface area contributed by atoms with E-state index in [1.165, 1.54) is 6.33 Å². The molecule has 0 aliphatic heterocycles. The summed E-state index contributed by atoms with van der Waals surface area (Å²) in [5.41, 5.74) is 6.76. The fourth-order valence-electron chi connectivity index (χ4n) is 1.48. The maximum Gasteiger partial charge on any atom is 0.249 e. The van der Waals surface area contributed by atoms with Crippen molar-refractivity contribution < 1.29 is 15.0 Å². The number of hydrogen-bond acceptors (Lipinski definition) is 4. The number of carbonyl (C=O) groups is 1. The summed E-state index contributed by atoms with van der Waals surface area (Å²) in [6, 6.07) is 4.87. The SMILES string of the molecule is NC(=O)C(O)C(O)c1ccc2nc[nH]c2c1. The van der Waals surface area contributed by atoms with Crippen LogP contribution in [0.1, 0.15) is 11.7 Å². The molecule has 5 N–H and O–H groups in total. The van der Waals surface area contributed by atoms with E-state index in [9.17, 15) is 15.0 Å². The Morgan fingerprint density at radius 2 is 2.19 bits per heavy atom. The molecule has 0 saturated carbocycles. The van der Waals surface area contributed by atoms with E-state index in [0.717, 1.165) is 5.52 Å². The van der Waals surface area contributed by atoms with Crippen LogP contribution in [-0.4, -0.2) is 32.2 Å². The first-order valence-electron chi connectivity index (χ1n) is 4.68. The fraction of sp³-hybridized carbons (Fsp3) is 0.200. The van der Waals surface area contributed by atoms with Crippen LogP contribution in [0, 0.1) is 0 Å². The molecule has 6 nitrogen and oxygen atoms in total. The van der Waals surface area contributed by atoms with Gasteiger partial charge in [-0.1, -0.05) is 6.07 Å². The largest absolute Gasteiger partial charge is 0.385 e. The first-order valence-corrected chi connectivity index (χ1v) is 4.68. The van der Waals surface area contributed by atoms with E-state index in [-0.39, 0.29) is 0 Å². The van der Waals surface area contributed by atoms with Crippen LogP contribution in [0.4, 0.5) is 0 Å². The zero-order valence-electron chi connectivity index (χ0n) is 8.29. The number of rotatable bonds is 3. The van der Waals surface area contributed by atoms with Gasteiger partial charge < -0.3 is 20.9 Å². The van der Waals surface area contributed by atoms with Crippen molar-refractivity contribution in [3.8, 4) is 0 Å². The average molecular weight is 221 g/mol. The smallest absolute Gasteiger partial charge is 0.249 e. The minimum Gasteiger partial charge on any atom is -0.385 e. The molecule has 6 heteroatoms. The first-order chi connectivity index (χ1) is 7.59. The number of nitrogens with two attached hydrogens (primary N) is 1. The molecule has 0 radical (unpaired) electrons. The van der Waals surface area contributed by atoms with Gasteiger partial charge in [-0.3, -0.25) is 4.79 Å². The second kappa shape index (κ2) is 3.92. The number of imidazole rings is 1.